The Bertz CT molecular complexity index is 1480. The van der Waals surface area contributed by atoms with Crippen molar-refractivity contribution in [3.05, 3.63) is 58.3 Å². The van der Waals surface area contributed by atoms with Crippen LogP contribution >= 0.6 is 0 Å². The minimum atomic E-state index is -1.46. The number of piperazine rings is 1. The number of nitriles is 1. The molecule has 5 rings (SSSR count). The summed E-state index contributed by atoms with van der Waals surface area (Å²) in [6.07, 6.45) is 0. The van der Waals surface area contributed by atoms with E-state index in [-0.39, 0.29) is 5.78 Å². The maximum atomic E-state index is 14.1. The zero-order valence-corrected chi connectivity index (χ0v) is 24.3. The van der Waals surface area contributed by atoms with E-state index in [2.05, 4.69) is 55.6 Å². The first-order chi connectivity index (χ1) is 18.7. The minimum absolute atomic E-state index is 0.0957. The van der Waals surface area contributed by atoms with Gasteiger partial charge in [0.2, 0.25) is 0 Å². The van der Waals surface area contributed by atoms with Crippen LogP contribution in [0.2, 0.25) is 0 Å². The van der Waals surface area contributed by atoms with Crippen molar-refractivity contribution in [1.29, 1.82) is 5.26 Å². The number of carbonyl (C=O) groups excluding carboxylic acids is 1. The van der Waals surface area contributed by atoms with Crippen molar-refractivity contribution in [1.82, 2.24) is 19.1 Å². The first-order valence-corrected chi connectivity index (χ1v) is 14.8. The van der Waals surface area contributed by atoms with Gasteiger partial charge in [-0.2, -0.15) is 5.26 Å². The van der Waals surface area contributed by atoms with Gasteiger partial charge in [0.05, 0.1) is 22.1 Å². The lowest BCUT2D eigenvalue weighted by atomic mass is 9.71. The molecule has 1 saturated heterocycles. The third kappa shape index (κ3) is 4.91. The average molecular weight is 548 g/mol. The minimum Gasteiger partial charge on any atom is -0.491 e. The molecule has 9 heteroatoms. The number of nitrogens with zero attached hydrogens (tertiary/aromatic N) is 4. The van der Waals surface area contributed by atoms with Crippen LogP contribution in [0.15, 0.2) is 35.2 Å². The average Bonchev–Trinajstić information content (AvgIpc) is 3.34. The predicted octanol–water partition coefficient (Wildman–Crippen LogP) is 3.90. The van der Waals surface area contributed by atoms with Crippen molar-refractivity contribution in [2.45, 2.75) is 38.0 Å². The smallest absolute Gasteiger partial charge is 0.195 e. The molecule has 206 valence electrons. The number of H-pyrrole nitrogens is 1. The van der Waals surface area contributed by atoms with Gasteiger partial charge >= 0.3 is 0 Å². The zero-order valence-electron chi connectivity index (χ0n) is 23.5. The number of likely N-dealkylation sites (N-methyl/N-ethyl adjacent to an activating group) is 2. The van der Waals surface area contributed by atoms with Crippen molar-refractivity contribution in [3.63, 3.8) is 0 Å². The van der Waals surface area contributed by atoms with E-state index in [1.807, 2.05) is 22.5 Å². The number of aromatic amines is 1. The second-order valence-corrected chi connectivity index (χ2v) is 12.4. The van der Waals surface area contributed by atoms with Gasteiger partial charge in [0.15, 0.2) is 5.78 Å². The third-order valence-corrected chi connectivity index (χ3v) is 9.76. The summed E-state index contributed by atoms with van der Waals surface area (Å²) in [4.78, 5) is 22.6. The number of carbonyl (C=O) groups is 1. The molecule has 0 bridgehead atoms. The highest BCUT2D eigenvalue weighted by atomic mass is 32.2. The quantitative estimate of drug-likeness (QED) is 0.460. The van der Waals surface area contributed by atoms with E-state index in [0.29, 0.717) is 47.0 Å². The second-order valence-electron chi connectivity index (χ2n) is 10.9. The Morgan fingerprint density at radius 1 is 1.13 bits per heavy atom. The standard InChI is InChI=1S/C30H37N5O3S/c1-6-34(7-2)14-15-38-25-18-23-22(17-26(25)39(37)35-12-10-33(5)11-13-35)28(36)27-21-9-8-20(19-31)16-24(21)32-29(27)30(23,3)4/h8-9,16-18,32H,6-7,10-15H2,1-5H3. The molecule has 0 radical (unpaired) electrons. The molecule has 0 saturated carbocycles. The third-order valence-electron chi connectivity index (χ3n) is 8.23. The number of hydrogen-bond acceptors (Lipinski definition) is 6. The lowest BCUT2D eigenvalue weighted by molar-refractivity contribution is 0.103. The number of nitrogens with one attached hydrogen (secondary N) is 1. The molecule has 1 unspecified atom stereocenters. The largest absolute Gasteiger partial charge is 0.491 e. The number of benzene rings is 2. The Labute approximate surface area is 233 Å². The first kappa shape index (κ1) is 27.5. The van der Waals surface area contributed by atoms with E-state index in [1.165, 1.54) is 0 Å². The van der Waals surface area contributed by atoms with Gasteiger partial charge in [0.1, 0.15) is 23.3 Å². The Morgan fingerprint density at radius 3 is 2.51 bits per heavy atom. The topological polar surface area (TPSA) is 92.7 Å². The number of hydrogen-bond donors (Lipinski definition) is 1. The molecule has 1 N–H and O–H groups in total. The van der Waals surface area contributed by atoms with Crippen molar-refractivity contribution in [2.24, 2.45) is 0 Å². The normalized spacial score (nSPS) is 18.1. The summed E-state index contributed by atoms with van der Waals surface area (Å²) < 4.78 is 22.3. The first-order valence-electron chi connectivity index (χ1n) is 13.7. The fourth-order valence-corrected chi connectivity index (χ4v) is 6.95. The molecule has 39 heavy (non-hydrogen) atoms. The number of rotatable bonds is 8. The summed E-state index contributed by atoms with van der Waals surface area (Å²) in [5.41, 5.74) is 3.64. The second kappa shape index (κ2) is 10.9. The summed E-state index contributed by atoms with van der Waals surface area (Å²) in [6, 6.07) is 11.3. The summed E-state index contributed by atoms with van der Waals surface area (Å²) in [7, 11) is 0.610. The molecule has 2 aliphatic rings. The van der Waals surface area contributed by atoms with Crippen molar-refractivity contribution >= 4 is 27.7 Å². The highest BCUT2D eigenvalue weighted by Crippen LogP contribution is 2.46. The van der Waals surface area contributed by atoms with E-state index in [1.54, 1.807) is 12.1 Å². The van der Waals surface area contributed by atoms with Crippen LogP contribution in [0.25, 0.3) is 10.9 Å². The lowest BCUT2D eigenvalue weighted by Gasteiger charge is -2.34. The molecule has 2 aromatic carbocycles. The highest BCUT2D eigenvalue weighted by molar-refractivity contribution is 7.82. The fraction of sp³-hybridized carbons (Fsp3) is 0.467. The molecule has 2 heterocycles. The molecule has 1 aliphatic carbocycles. The molecule has 0 spiro atoms. The SMILES string of the molecule is CCN(CC)CCOc1cc2c(cc1S(=O)N1CCN(C)CC1)C(=O)c1c([nH]c3cc(C#N)ccc13)C2(C)C. The van der Waals surface area contributed by atoms with Gasteiger partial charge in [-0.05, 0) is 50.0 Å². The Kier molecular flexibility index (Phi) is 7.66. The van der Waals surface area contributed by atoms with E-state index in [4.69, 9.17) is 4.74 Å². The summed E-state index contributed by atoms with van der Waals surface area (Å²) in [6.45, 7) is 14.6. The molecule has 3 aromatic rings. The van der Waals surface area contributed by atoms with Crippen LogP contribution in [-0.4, -0.2) is 88.5 Å². The van der Waals surface area contributed by atoms with Gasteiger partial charge in [0.25, 0.3) is 0 Å². The molecule has 1 fully saturated rings. The maximum Gasteiger partial charge on any atom is 0.195 e. The van der Waals surface area contributed by atoms with Crippen LogP contribution in [0, 0.1) is 11.3 Å². The van der Waals surface area contributed by atoms with Crippen molar-refractivity contribution in [2.75, 3.05) is 59.5 Å². The van der Waals surface area contributed by atoms with Crippen molar-refractivity contribution in [3.8, 4) is 11.8 Å². The lowest BCUT2D eigenvalue weighted by Crippen LogP contribution is -2.45. The van der Waals surface area contributed by atoms with E-state index >= 15 is 0 Å². The molecule has 1 aliphatic heterocycles. The zero-order chi connectivity index (χ0) is 27.9. The molecular formula is C30H37N5O3S. The van der Waals surface area contributed by atoms with Crippen LogP contribution in [0.5, 0.6) is 5.75 Å². The Morgan fingerprint density at radius 2 is 1.85 bits per heavy atom. The fourth-order valence-electron chi connectivity index (χ4n) is 5.67. The van der Waals surface area contributed by atoms with Gasteiger partial charge in [-0.1, -0.05) is 33.8 Å². The molecule has 1 atom stereocenters. The number of fused-ring (bicyclic) bond motifs is 4. The number of ether oxygens (including phenoxy) is 1. The number of aromatic nitrogens is 1. The Balaban J connectivity index is 1.60. The van der Waals surface area contributed by atoms with E-state index < -0.39 is 16.4 Å². The predicted molar refractivity (Wildman–Crippen MR) is 154 cm³/mol. The van der Waals surface area contributed by atoms with E-state index in [9.17, 15) is 14.3 Å². The molecule has 1 aromatic heterocycles. The van der Waals surface area contributed by atoms with Crippen LogP contribution in [0.3, 0.4) is 0 Å². The van der Waals surface area contributed by atoms with Crippen LogP contribution in [0.1, 0.15) is 60.4 Å². The molecule has 8 nitrogen and oxygen atoms in total. The Hall–Kier alpha value is -3.03. The summed E-state index contributed by atoms with van der Waals surface area (Å²) >= 11 is 0. The van der Waals surface area contributed by atoms with Gasteiger partial charge in [-0.25, -0.2) is 8.51 Å². The van der Waals surface area contributed by atoms with Gasteiger partial charge < -0.3 is 19.5 Å². The van der Waals surface area contributed by atoms with Crippen LogP contribution < -0.4 is 4.74 Å². The molecular weight excluding hydrogens is 510 g/mol. The monoisotopic (exact) mass is 547 g/mol. The number of ketones is 1. The highest BCUT2D eigenvalue weighted by Gasteiger charge is 2.41. The van der Waals surface area contributed by atoms with Gasteiger partial charge in [0, 0.05) is 60.3 Å². The van der Waals surface area contributed by atoms with Crippen molar-refractivity contribution < 1.29 is 13.7 Å². The van der Waals surface area contributed by atoms with Gasteiger partial charge in [-0.15, -0.1) is 0 Å². The van der Waals surface area contributed by atoms with E-state index in [0.717, 1.165) is 54.9 Å². The molecule has 0 amide bonds. The van der Waals surface area contributed by atoms with Crippen LogP contribution in [-0.2, 0) is 16.4 Å². The van der Waals surface area contributed by atoms with Gasteiger partial charge in [-0.3, -0.25) is 4.79 Å². The van der Waals surface area contributed by atoms with Crippen LogP contribution in [0.4, 0.5) is 0 Å². The summed E-state index contributed by atoms with van der Waals surface area (Å²) in [5.74, 6) is 0.479. The summed E-state index contributed by atoms with van der Waals surface area (Å²) in [5, 5.41) is 10.2. The maximum absolute atomic E-state index is 14.1.